The van der Waals surface area contributed by atoms with Gasteiger partial charge < -0.3 is 4.42 Å². The lowest BCUT2D eigenvalue weighted by Gasteiger charge is -2.14. The molecule has 11 aromatic rings. The summed E-state index contributed by atoms with van der Waals surface area (Å²) in [6.45, 7) is 0. The smallest absolute Gasteiger partial charge is 0.160 e. The van der Waals surface area contributed by atoms with E-state index in [-0.39, 0.29) is 0 Å². The Bertz CT molecular complexity index is 3180. The highest BCUT2D eigenvalue weighted by Crippen LogP contribution is 2.39. The van der Waals surface area contributed by atoms with Crippen molar-refractivity contribution >= 4 is 53.4 Å². The van der Waals surface area contributed by atoms with Crippen molar-refractivity contribution in [3.63, 3.8) is 0 Å². The van der Waals surface area contributed by atoms with Crippen LogP contribution in [0.25, 0.3) is 109 Å². The van der Waals surface area contributed by atoms with Gasteiger partial charge in [-0.25, -0.2) is 9.97 Å². The van der Waals surface area contributed by atoms with Gasteiger partial charge in [0.2, 0.25) is 0 Å². The van der Waals surface area contributed by atoms with Crippen molar-refractivity contribution in [3.05, 3.63) is 194 Å². The molecule has 0 aliphatic rings. The number of benzene rings is 8. The van der Waals surface area contributed by atoms with Gasteiger partial charge in [-0.3, -0.25) is 0 Å². The molecule has 3 nitrogen and oxygen atoms in total. The lowest BCUT2D eigenvalue weighted by molar-refractivity contribution is 0.669. The minimum Gasteiger partial charge on any atom is -0.456 e. The van der Waals surface area contributed by atoms with Crippen LogP contribution in [-0.2, 0) is 0 Å². The first-order valence-corrected chi connectivity index (χ1v) is 19.6. The monoisotopic (exact) mass is 732 g/mol. The normalized spacial score (nSPS) is 11.6. The van der Waals surface area contributed by atoms with E-state index in [0.717, 1.165) is 72.3 Å². The van der Waals surface area contributed by atoms with Crippen molar-refractivity contribution in [2.45, 2.75) is 0 Å². The third-order valence-corrected chi connectivity index (χ3v) is 11.8. The highest BCUT2D eigenvalue weighted by atomic mass is 32.1. The molecular formula is C52H32N2OS. The number of rotatable bonds is 6. The van der Waals surface area contributed by atoms with Crippen molar-refractivity contribution < 1.29 is 4.42 Å². The molecule has 0 unspecified atom stereocenters. The molecule has 0 amide bonds. The predicted molar refractivity (Wildman–Crippen MR) is 235 cm³/mol. The maximum atomic E-state index is 6.21. The highest BCUT2D eigenvalue weighted by Gasteiger charge is 2.15. The zero-order chi connectivity index (χ0) is 37.0. The second-order valence-corrected chi connectivity index (χ2v) is 15.3. The fourth-order valence-electron chi connectivity index (χ4n) is 7.84. The van der Waals surface area contributed by atoms with Crippen molar-refractivity contribution in [1.82, 2.24) is 9.97 Å². The van der Waals surface area contributed by atoms with Crippen LogP contribution in [-0.4, -0.2) is 9.97 Å². The molecule has 0 saturated carbocycles. The van der Waals surface area contributed by atoms with Crippen LogP contribution in [0, 0.1) is 0 Å². The van der Waals surface area contributed by atoms with Gasteiger partial charge in [0.25, 0.3) is 0 Å². The standard InChI is InChI=1S/C52H32N2OS/c1-3-11-35(12-4-1)46-32-47(54-52(53-46)36-13-5-2-6-14-36)41-28-39(27-40(29-41)37-24-26-49-45(30-37)42-15-7-9-17-48(42)55-49)34-21-19-33(20-22-34)38-23-25-44-43-16-8-10-18-50(43)56-51(44)31-38/h1-32H. The van der Waals surface area contributed by atoms with E-state index < -0.39 is 0 Å². The summed E-state index contributed by atoms with van der Waals surface area (Å²) >= 11 is 1.85. The van der Waals surface area contributed by atoms with E-state index in [1.165, 1.54) is 31.3 Å². The molecule has 8 aromatic carbocycles. The van der Waals surface area contributed by atoms with E-state index >= 15 is 0 Å². The van der Waals surface area contributed by atoms with Crippen molar-refractivity contribution in [3.8, 4) is 67.3 Å². The average molecular weight is 733 g/mol. The van der Waals surface area contributed by atoms with E-state index in [9.17, 15) is 0 Å². The van der Waals surface area contributed by atoms with Crippen LogP contribution in [0.2, 0.25) is 0 Å². The molecular weight excluding hydrogens is 701 g/mol. The molecule has 0 spiro atoms. The maximum Gasteiger partial charge on any atom is 0.160 e. The van der Waals surface area contributed by atoms with E-state index in [2.05, 4.69) is 158 Å². The Morgan fingerprint density at radius 3 is 1.62 bits per heavy atom. The molecule has 0 fully saturated rings. The predicted octanol–water partition coefficient (Wildman–Crippen LogP) is 14.7. The SMILES string of the molecule is c1ccc(-c2cc(-c3cc(-c4ccc(-c5ccc6c(c5)sc5ccccc56)cc4)cc(-c4ccc5oc6ccccc6c5c4)c3)nc(-c3ccccc3)n2)cc1. The number of nitrogens with zero attached hydrogens (tertiary/aromatic N) is 2. The van der Waals surface area contributed by atoms with Gasteiger partial charge in [-0.05, 0) is 88.0 Å². The van der Waals surface area contributed by atoms with Gasteiger partial charge in [-0.1, -0.05) is 140 Å². The maximum absolute atomic E-state index is 6.21. The second-order valence-electron chi connectivity index (χ2n) is 14.2. The van der Waals surface area contributed by atoms with E-state index in [4.69, 9.17) is 14.4 Å². The summed E-state index contributed by atoms with van der Waals surface area (Å²) in [5, 5.41) is 4.85. The molecule has 0 N–H and O–H groups in total. The third-order valence-electron chi connectivity index (χ3n) is 10.7. The number of hydrogen-bond donors (Lipinski definition) is 0. The van der Waals surface area contributed by atoms with Crippen LogP contribution in [0.3, 0.4) is 0 Å². The summed E-state index contributed by atoms with van der Waals surface area (Å²) in [5.41, 5.74) is 13.4. The molecule has 56 heavy (non-hydrogen) atoms. The first-order chi connectivity index (χ1) is 27.7. The van der Waals surface area contributed by atoms with Crippen LogP contribution in [0.15, 0.2) is 199 Å². The second kappa shape index (κ2) is 13.3. The first-order valence-electron chi connectivity index (χ1n) is 18.8. The van der Waals surface area contributed by atoms with Gasteiger partial charge in [0, 0.05) is 47.6 Å². The van der Waals surface area contributed by atoms with Crippen LogP contribution < -0.4 is 0 Å². The lowest BCUT2D eigenvalue weighted by atomic mass is 9.93. The fourth-order valence-corrected chi connectivity index (χ4v) is 8.99. The summed E-state index contributed by atoms with van der Waals surface area (Å²) in [6.07, 6.45) is 0. The van der Waals surface area contributed by atoms with Crippen LogP contribution in [0.5, 0.6) is 0 Å². The van der Waals surface area contributed by atoms with Gasteiger partial charge in [0.15, 0.2) is 5.82 Å². The Kier molecular flexibility index (Phi) is 7.68. The zero-order valence-corrected chi connectivity index (χ0v) is 31.0. The van der Waals surface area contributed by atoms with Crippen LogP contribution in [0.1, 0.15) is 0 Å². The summed E-state index contributed by atoms with van der Waals surface area (Å²) in [7, 11) is 0. The fraction of sp³-hybridized carbons (Fsp3) is 0. The number of fused-ring (bicyclic) bond motifs is 6. The molecule has 11 rings (SSSR count). The third kappa shape index (κ3) is 5.76. The molecule has 262 valence electrons. The molecule has 0 atom stereocenters. The van der Waals surface area contributed by atoms with Crippen molar-refractivity contribution in [1.29, 1.82) is 0 Å². The molecule has 4 heteroatoms. The highest BCUT2D eigenvalue weighted by molar-refractivity contribution is 7.25. The van der Waals surface area contributed by atoms with Crippen molar-refractivity contribution in [2.24, 2.45) is 0 Å². The summed E-state index contributed by atoms with van der Waals surface area (Å²) < 4.78 is 8.84. The Morgan fingerprint density at radius 2 is 0.839 bits per heavy atom. The minimum atomic E-state index is 0.695. The topological polar surface area (TPSA) is 38.9 Å². The molecule has 0 radical (unpaired) electrons. The Morgan fingerprint density at radius 1 is 0.304 bits per heavy atom. The minimum absolute atomic E-state index is 0.695. The summed E-state index contributed by atoms with van der Waals surface area (Å²) in [6, 6.07) is 68.7. The molecule has 0 aliphatic carbocycles. The molecule has 0 aliphatic heterocycles. The van der Waals surface area contributed by atoms with Gasteiger partial charge in [-0.15, -0.1) is 11.3 Å². The van der Waals surface area contributed by atoms with E-state index in [1.54, 1.807) is 0 Å². The Hall–Kier alpha value is -7.14. The number of aromatic nitrogens is 2. The average Bonchev–Trinajstić information content (AvgIpc) is 3.84. The van der Waals surface area contributed by atoms with Gasteiger partial charge in [0.05, 0.1) is 11.4 Å². The van der Waals surface area contributed by atoms with E-state index in [1.807, 2.05) is 47.7 Å². The molecule has 3 heterocycles. The Balaban J connectivity index is 1.07. The molecule has 0 bridgehead atoms. The van der Waals surface area contributed by atoms with E-state index in [0.29, 0.717) is 5.82 Å². The molecule has 0 saturated heterocycles. The van der Waals surface area contributed by atoms with Crippen LogP contribution in [0.4, 0.5) is 0 Å². The largest absolute Gasteiger partial charge is 0.456 e. The summed E-state index contributed by atoms with van der Waals surface area (Å²) in [5.74, 6) is 0.695. The Labute approximate surface area is 327 Å². The zero-order valence-electron chi connectivity index (χ0n) is 30.2. The van der Waals surface area contributed by atoms with Gasteiger partial charge >= 0.3 is 0 Å². The van der Waals surface area contributed by atoms with Gasteiger partial charge in [0.1, 0.15) is 11.2 Å². The number of furan rings is 1. The summed E-state index contributed by atoms with van der Waals surface area (Å²) in [4.78, 5) is 10.3. The number of hydrogen-bond acceptors (Lipinski definition) is 4. The number of thiophene rings is 1. The quantitative estimate of drug-likeness (QED) is 0.171. The molecule has 3 aromatic heterocycles. The first kappa shape index (κ1) is 32.3. The van der Waals surface area contributed by atoms with Gasteiger partial charge in [-0.2, -0.15) is 0 Å². The van der Waals surface area contributed by atoms with Crippen molar-refractivity contribution in [2.75, 3.05) is 0 Å². The lowest BCUT2D eigenvalue weighted by Crippen LogP contribution is -1.96. The van der Waals surface area contributed by atoms with Crippen LogP contribution >= 0.6 is 11.3 Å². The number of para-hydroxylation sites is 1.